The number of carboxylic acid groups (broad SMARTS) is 1. The van der Waals surface area contributed by atoms with E-state index in [1.807, 2.05) is 0 Å². The summed E-state index contributed by atoms with van der Waals surface area (Å²) in [5.41, 5.74) is 10.7. The largest absolute Gasteiger partial charge is 0.476 e. The summed E-state index contributed by atoms with van der Waals surface area (Å²) in [7, 11) is -4.17. The van der Waals surface area contributed by atoms with E-state index in [-0.39, 0.29) is 12.2 Å². The number of primary amides is 2. The maximum absolute atomic E-state index is 12.4. The fraction of sp³-hybridized carbons (Fsp3) is 0.150. The second-order valence-corrected chi connectivity index (χ2v) is 8.59. The van der Waals surface area contributed by atoms with E-state index < -0.39 is 51.0 Å². The van der Waals surface area contributed by atoms with Crippen LogP contribution in [0.5, 0.6) is 0 Å². The minimum Gasteiger partial charge on any atom is -0.476 e. The van der Waals surface area contributed by atoms with Crippen LogP contribution in [0.3, 0.4) is 0 Å². The molecule has 2 heterocycles. The van der Waals surface area contributed by atoms with Crippen LogP contribution < -0.4 is 16.1 Å². The summed E-state index contributed by atoms with van der Waals surface area (Å²) in [5.74, 6) is -5.36. The predicted octanol–water partition coefficient (Wildman–Crippen LogP) is -0.673. The Kier molecular flexibility index (Phi) is 6.55. The summed E-state index contributed by atoms with van der Waals surface area (Å²) in [6, 6.07) is 11.2. The molecule has 1 aromatic carbocycles. The third-order valence-corrected chi connectivity index (χ3v) is 5.47. The maximum Gasteiger partial charge on any atom is 0.361 e. The monoisotopic (exact) mass is 474 g/mol. The lowest BCUT2D eigenvalue weighted by molar-refractivity contribution is -0.729. The standard InChI is InChI=1S/C20H19N5O7S/c21-17(26)14(13-4-2-1-3-5-13)19-23-15(18(22)27)16(20(28)29)25(19)24-9-6-12(7-10-24)8-11-33(30,31)32/h1-7,9-10,14H,8,11H2,(H5-,21,22,26,27,28,29,30,31,32)/p+1. The number of benzene rings is 1. The van der Waals surface area contributed by atoms with Crippen LogP contribution in [0.4, 0.5) is 0 Å². The number of rotatable bonds is 9. The Morgan fingerprint density at radius 2 is 1.67 bits per heavy atom. The van der Waals surface area contributed by atoms with Gasteiger partial charge < -0.3 is 16.6 Å². The van der Waals surface area contributed by atoms with Gasteiger partial charge >= 0.3 is 5.97 Å². The average molecular weight is 474 g/mol. The van der Waals surface area contributed by atoms with Gasteiger partial charge in [0.1, 0.15) is 5.92 Å². The van der Waals surface area contributed by atoms with E-state index in [0.717, 1.165) is 4.68 Å². The van der Waals surface area contributed by atoms with Gasteiger partial charge in [-0.2, -0.15) is 8.42 Å². The van der Waals surface area contributed by atoms with E-state index in [4.69, 9.17) is 16.0 Å². The fourth-order valence-corrected chi connectivity index (χ4v) is 3.79. The Balaban J connectivity index is 2.22. The molecule has 0 aliphatic rings. The molecule has 2 amide bonds. The molecule has 1 unspecified atom stereocenters. The first-order chi connectivity index (χ1) is 15.5. The first-order valence-corrected chi connectivity index (χ1v) is 11.1. The van der Waals surface area contributed by atoms with E-state index >= 15 is 0 Å². The van der Waals surface area contributed by atoms with Crippen molar-refractivity contribution >= 4 is 27.9 Å². The van der Waals surface area contributed by atoms with Crippen molar-refractivity contribution in [3.05, 3.63) is 83.2 Å². The van der Waals surface area contributed by atoms with E-state index in [1.54, 1.807) is 30.3 Å². The third kappa shape index (κ3) is 5.22. The molecular formula is C20H20N5O7S+. The van der Waals surface area contributed by atoms with Gasteiger partial charge in [-0.1, -0.05) is 39.7 Å². The molecule has 0 saturated heterocycles. The van der Waals surface area contributed by atoms with E-state index in [0.29, 0.717) is 11.1 Å². The van der Waals surface area contributed by atoms with Gasteiger partial charge in [0.15, 0.2) is 11.5 Å². The highest BCUT2D eigenvalue weighted by atomic mass is 32.2. The lowest BCUT2D eigenvalue weighted by Crippen LogP contribution is -2.46. The van der Waals surface area contributed by atoms with Crippen LogP contribution in [-0.4, -0.2) is 51.3 Å². The molecule has 12 nitrogen and oxygen atoms in total. The van der Waals surface area contributed by atoms with Crippen LogP contribution in [0.25, 0.3) is 0 Å². The zero-order valence-electron chi connectivity index (χ0n) is 17.0. The van der Waals surface area contributed by atoms with E-state index in [9.17, 15) is 27.9 Å². The summed E-state index contributed by atoms with van der Waals surface area (Å²) in [6.07, 6.45) is 2.76. The van der Waals surface area contributed by atoms with Crippen LogP contribution in [0.2, 0.25) is 0 Å². The first-order valence-electron chi connectivity index (χ1n) is 9.45. The molecule has 0 bridgehead atoms. The normalized spacial score (nSPS) is 12.3. The highest BCUT2D eigenvalue weighted by molar-refractivity contribution is 7.85. The molecule has 0 aliphatic carbocycles. The Bertz CT molecular complexity index is 1320. The summed E-state index contributed by atoms with van der Waals surface area (Å²) < 4.78 is 33.2. The molecule has 3 rings (SSSR count). The van der Waals surface area contributed by atoms with E-state index in [1.165, 1.54) is 29.2 Å². The van der Waals surface area contributed by atoms with Gasteiger partial charge in [-0.05, 0) is 17.5 Å². The van der Waals surface area contributed by atoms with Crippen molar-refractivity contribution in [2.24, 2.45) is 11.5 Å². The summed E-state index contributed by atoms with van der Waals surface area (Å²) >= 11 is 0. The second-order valence-electron chi connectivity index (χ2n) is 7.02. The number of aromatic carboxylic acids is 1. The van der Waals surface area contributed by atoms with Crippen LogP contribution in [0, 0.1) is 0 Å². The number of hydrogen-bond acceptors (Lipinski definition) is 6. The molecule has 0 spiro atoms. The topological polar surface area (TPSA) is 200 Å². The number of carbonyl (C=O) groups is 3. The number of carboxylic acids is 1. The minimum atomic E-state index is -4.17. The number of nitrogens with two attached hydrogens (primary N) is 2. The zero-order chi connectivity index (χ0) is 24.3. The molecular weight excluding hydrogens is 454 g/mol. The summed E-state index contributed by atoms with van der Waals surface area (Å²) in [5, 5.41) is 9.80. The van der Waals surface area contributed by atoms with Crippen molar-refractivity contribution in [2.75, 3.05) is 5.75 Å². The van der Waals surface area contributed by atoms with Crippen LogP contribution >= 0.6 is 0 Å². The SMILES string of the molecule is NC(=O)c1nc(C(C(N)=O)c2ccccc2)n(-[n+]2ccc(CCS(=O)(=O)O)cc2)c1C(=O)O. The Morgan fingerprint density at radius 3 is 2.15 bits per heavy atom. The van der Waals surface area contributed by atoms with Crippen LogP contribution in [0.15, 0.2) is 54.9 Å². The molecule has 3 aromatic rings. The van der Waals surface area contributed by atoms with Crippen molar-refractivity contribution in [3.63, 3.8) is 0 Å². The molecule has 13 heteroatoms. The number of aromatic nitrogens is 3. The number of aryl methyl sites for hydroxylation is 1. The second kappa shape index (κ2) is 9.18. The van der Waals surface area contributed by atoms with Crippen molar-refractivity contribution in [1.82, 2.24) is 9.66 Å². The quantitative estimate of drug-likeness (QED) is 0.231. The lowest BCUT2D eigenvalue weighted by Gasteiger charge is -2.13. The van der Waals surface area contributed by atoms with Crippen LogP contribution in [0.1, 0.15) is 43.8 Å². The number of imidazole rings is 1. The molecule has 1 atom stereocenters. The molecule has 0 aliphatic heterocycles. The number of nitrogens with zero attached hydrogens (tertiary/aromatic N) is 3. The number of amides is 2. The minimum absolute atomic E-state index is 0.00269. The smallest absolute Gasteiger partial charge is 0.361 e. The van der Waals surface area contributed by atoms with Crippen molar-refractivity contribution in [1.29, 1.82) is 0 Å². The molecule has 33 heavy (non-hydrogen) atoms. The Labute approximate surface area is 187 Å². The number of hydrogen-bond donors (Lipinski definition) is 4. The summed E-state index contributed by atoms with van der Waals surface area (Å²) in [6.45, 7) is 0. The Hall–Kier alpha value is -4.10. The number of pyridine rings is 1. The molecule has 2 aromatic heterocycles. The number of carbonyl (C=O) groups excluding carboxylic acids is 2. The molecule has 0 fully saturated rings. The van der Waals surface area contributed by atoms with Gasteiger partial charge in [-0.3, -0.25) is 14.1 Å². The van der Waals surface area contributed by atoms with Gasteiger partial charge in [-0.25, -0.2) is 9.78 Å². The molecule has 0 radical (unpaired) electrons. The van der Waals surface area contributed by atoms with Crippen molar-refractivity contribution < 1.29 is 37.1 Å². The van der Waals surface area contributed by atoms with Crippen LogP contribution in [-0.2, 0) is 21.3 Å². The molecule has 0 saturated carbocycles. The molecule has 172 valence electrons. The van der Waals surface area contributed by atoms with Gasteiger partial charge in [-0.15, -0.1) is 0 Å². The summed E-state index contributed by atoms with van der Waals surface area (Å²) in [4.78, 5) is 40.5. The predicted molar refractivity (Wildman–Crippen MR) is 113 cm³/mol. The van der Waals surface area contributed by atoms with Gasteiger partial charge in [0, 0.05) is 12.1 Å². The van der Waals surface area contributed by atoms with Gasteiger partial charge in [0.05, 0.1) is 5.75 Å². The Morgan fingerprint density at radius 1 is 1.06 bits per heavy atom. The maximum atomic E-state index is 12.4. The highest BCUT2D eigenvalue weighted by Gasteiger charge is 2.37. The van der Waals surface area contributed by atoms with Crippen molar-refractivity contribution in [2.45, 2.75) is 12.3 Å². The lowest BCUT2D eigenvalue weighted by atomic mass is 9.98. The van der Waals surface area contributed by atoms with E-state index in [2.05, 4.69) is 4.98 Å². The zero-order valence-corrected chi connectivity index (χ0v) is 17.8. The molecule has 6 N–H and O–H groups in total. The third-order valence-electron chi connectivity index (χ3n) is 4.75. The first kappa shape index (κ1) is 23.6. The van der Waals surface area contributed by atoms with Gasteiger partial charge in [0.2, 0.25) is 24.0 Å². The fourth-order valence-electron chi connectivity index (χ4n) is 3.30. The van der Waals surface area contributed by atoms with Crippen molar-refractivity contribution in [3.8, 4) is 0 Å². The average Bonchev–Trinajstić information content (AvgIpc) is 3.13. The van der Waals surface area contributed by atoms with Gasteiger partial charge in [0.25, 0.3) is 16.0 Å². The highest BCUT2D eigenvalue weighted by Crippen LogP contribution is 2.25.